The van der Waals surface area contributed by atoms with Gasteiger partial charge < -0.3 is 15.3 Å². The molecule has 4 nitrogen and oxygen atoms in total. The zero-order chi connectivity index (χ0) is 20.8. The van der Waals surface area contributed by atoms with Crippen LogP contribution in [0.2, 0.25) is 0 Å². The lowest BCUT2D eigenvalue weighted by molar-refractivity contribution is -0.136. The molecule has 2 unspecified atom stereocenters. The number of hydrogen-bond acceptors (Lipinski definition) is 4. The van der Waals surface area contributed by atoms with E-state index in [1.807, 2.05) is 0 Å². The van der Waals surface area contributed by atoms with Crippen LogP contribution >= 0.6 is 0 Å². The minimum absolute atomic E-state index is 0.191. The molecule has 2 N–H and O–H groups in total. The fraction of sp³-hybridized carbons (Fsp3) is 0.550. The molecule has 0 amide bonds. The number of pyridine rings is 1. The number of halogens is 5. The number of alkyl halides is 5. The SMILES string of the molecule is OC(CNC1CN(c2ccc(C(F)(F)F)c3ncccc23)CC(F)(F)C1)C1CC1. The molecule has 0 radical (unpaired) electrons. The van der Waals surface area contributed by atoms with E-state index in [0.717, 1.165) is 18.9 Å². The Balaban J connectivity index is 1.61. The highest BCUT2D eigenvalue weighted by atomic mass is 19.4. The predicted molar refractivity (Wildman–Crippen MR) is 99.0 cm³/mol. The van der Waals surface area contributed by atoms with Crippen LogP contribution in [0.15, 0.2) is 30.5 Å². The summed E-state index contributed by atoms with van der Waals surface area (Å²) in [6.07, 6.45) is -2.37. The van der Waals surface area contributed by atoms with Crippen LogP contribution in [0.3, 0.4) is 0 Å². The van der Waals surface area contributed by atoms with Crippen LogP contribution in [0.4, 0.5) is 27.6 Å². The largest absolute Gasteiger partial charge is 0.418 e. The molecule has 2 atom stereocenters. The quantitative estimate of drug-likeness (QED) is 0.729. The highest BCUT2D eigenvalue weighted by Gasteiger charge is 2.42. The van der Waals surface area contributed by atoms with Gasteiger partial charge in [0.05, 0.1) is 23.7 Å². The monoisotopic (exact) mass is 415 g/mol. The number of piperidine rings is 1. The molecule has 4 rings (SSSR count). The van der Waals surface area contributed by atoms with Gasteiger partial charge in [-0.25, -0.2) is 8.78 Å². The predicted octanol–water partition coefficient (Wildman–Crippen LogP) is 3.83. The molecule has 1 saturated heterocycles. The molecule has 1 aromatic heterocycles. The Kier molecular flexibility index (Phi) is 5.14. The van der Waals surface area contributed by atoms with E-state index in [1.165, 1.54) is 29.3 Å². The number of nitrogens with one attached hydrogen (secondary N) is 1. The molecule has 1 aliphatic carbocycles. The third-order valence-electron chi connectivity index (χ3n) is 5.58. The second-order valence-corrected chi connectivity index (χ2v) is 7.98. The number of anilines is 1. The van der Waals surface area contributed by atoms with Crippen molar-refractivity contribution in [2.24, 2.45) is 5.92 Å². The van der Waals surface area contributed by atoms with Gasteiger partial charge in [-0.15, -0.1) is 0 Å². The summed E-state index contributed by atoms with van der Waals surface area (Å²) in [5, 5.41) is 13.2. The topological polar surface area (TPSA) is 48.4 Å². The number of aliphatic hydroxyl groups is 1. The Hall–Kier alpha value is -2.00. The average Bonchev–Trinajstić information content (AvgIpc) is 3.48. The fourth-order valence-electron chi connectivity index (χ4n) is 4.02. The lowest BCUT2D eigenvalue weighted by Gasteiger charge is -2.40. The summed E-state index contributed by atoms with van der Waals surface area (Å²) in [7, 11) is 0. The van der Waals surface area contributed by atoms with E-state index in [1.54, 1.807) is 0 Å². The van der Waals surface area contributed by atoms with Gasteiger partial charge >= 0.3 is 6.18 Å². The van der Waals surface area contributed by atoms with Crippen molar-refractivity contribution in [1.82, 2.24) is 10.3 Å². The van der Waals surface area contributed by atoms with E-state index < -0.39 is 36.4 Å². The second-order valence-electron chi connectivity index (χ2n) is 7.98. The smallest absolute Gasteiger partial charge is 0.392 e. The maximum Gasteiger partial charge on any atom is 0.418 e. The molecule has 158 valence electrons. The Morgan fingerprint density at radius 1 is 1.24 bits per heavy atom. The van der Waals surface area contributed by atoms with Crippen molar-refractivity contribution in [1.29, 1.82) is 0 Å². The number of fused-ring (bicyclic) bond motifs is 1. The molecule has 2 heterocycles. The Labute approximate surface area is 164 Å². The van der Waals surface area contributed by atoms with Crippen molar-refractivity contribution >= 4 is 16.6 Å². The first-order chi connectivity index (χ1) is 13.6. The van der Waals surface area contributed by atoms with Crippen LogP contribution in [0.1, 0.15) is 24.8 Å². The van der Waals surface area contributed by atoms with Crippen LogP contribution in [0, 0.1) is 5.92 Å². The third-order valence-corrected chi connectivity index (χ3v) is 5.58. The van der Waals surface area contributed by atoms with Crippen molar-refractivity contribution in [3.05, 3.63) is 36.0 Å². The van der Waals surface area contributed by atoms with Crippen LogP contribution in [-0.4, -0.2) is 47.8 Å². The average molecular weight is 415 g/mol. The normalized spacial score (nSPS) is 23.4. The van der Waals surface area contributed by atoms with Gasteiger partial charge in [-0.05, 0) is 43.0 Å². The maximum atomic E-state index is 14.4. The lowest BCUT2D eigenvalue weighted by atomic mass is 9.99. The molecule has 1 saturated carbocycles. The van der Waals surface area contributed by atoms with Gasteiger partial charge in [-0.2, -0.15) is 13.2 Å². The van der Waals surface area contributed by atoms with Crippen molar-refractivity contribution in [3.63, 3.8) is 0 Å². The number of nitrogens with zero attached hydrogens (tertiary/aromatic N) is 2. The number of rotatable bonds is 5. The molecule has 0 spiro atoms. The summed E-state index contributed by atoms with van der Waals surface area (Å²) in [5.41, 5.74) is -0.835. The van der Waals surface area contributed by atoms with Crippen molar-refractivity contribution in [2.45, 2.75) is 43.5 Å². The summed E-state index contributed by atoms with van der Waals surface area (Å²) in [6, 6.07) is 4.52. The van der Waals surface area contributed by atoms with Crippen LogP contribution in [-0.2, 0) is 6.18 Å². The number of benzene rings is 1. The molecular formula is C20H22F5N3O. The third kappa shape index (κ3) is 4.45. The fourth-order valence-corrected chi connectivity index (χ4v) is 4.02. The Morgan fingerprint density at radius 2 is 2.00 bits per heavy atom. The van der Waals surface area contributed by atoms with Gasteiger partial charge in [0.15, 0.2) is 0 Å². The molecular weight excluding hydrogens is 393 g/mol. The summed E-state index contributed by atoms with van der Waals surface area (Å²) >= 11 is 0. The van der Waals surface area contributed by atoms with Gasteiger partial charge in [-0.1, -0.05) is 0 Å². The van der Waals surface area contributed by atoms with E-state index in [0.29, 0.717) is 5.69 Å². The van der Waals surface area contributed by atoms with E-state index in [9.17, 15) is 27.1 Å². The second kappa shape index (κ2) is 7.36. The molecule has 2 aliphatic rings. The van der Waals surface area contributed by atoms with E-state index in [4.69, 9.17) is 0 Å². The van der Waals surface area contributed by atoms with Gasteiger partial charge in [0, 0.05) is 42.8 Å². The molecule has 9 heteroatoms. The van der Waals surface area contributed by atoms with Crippen LogP contribution < -0.4 is 10.2 Å². The molecule has 1 aliphatic heterocycles. The Bertz CT molecular complexity index is 884. The van der Waals surface area contributed by atoms with Crippen molar-refractivity contribution in [2.75, 3.05) is 24.5 Å². The van der Waals surface area contributed by atoms with Crippen LogP contribution in [0.5, 0.6) is 0 Å². The van der Waals surface area contributed by atoms with Crippen LogP contribution in [0.25, 0.3) is 10.9 Å². The first-order valence-corrected chi connectivity index (χ1v) is 9.63. The van der Waals surface area contributed by atoms with Gasteiger partial charge in [0.2, 0.25) is 0 Å². The van der Waals surface area contributed by atoms with Crippen molar-refractivity contribution in [3.8, 4) is 0 Å². The lowest BCUT2D eigenvalue weighted by Crippen LogP contribution is -2.55. The highest BCUT2D eigenvalue weighted by Crippen LogP contribution is 2.39. The molecule has 1 aromatic carbocycles. The summed E-state index contributed by atoms with van der Waals surface area (Å²) in [4.78, 5) is 5.27. The number of hydrogen-bond donors (Lipinski definition) is 2. The standard InChI is InChI=1S/C20H22F5N3O/c21-19(22)8-13(27-9-17(29)12-3-4-12)10-28(11-19)16-6-5-15(20(23,24)25)18-14(16)2-1-7-26-18/h1-2,5-7,12-13,17,27,29H,3-4,8-11H2. The first-order valence-electron chi connectivity index (χ1n) is 9.63. The zero-order valence-corrected chi connectivity index (χ0v) is 15.6. The van der Waals surface area contributed by atoms with E-state index in [2.05, 4.69) is 10.3 Å². The minimum Gasteiger partial charge on any atom is -0.392 e. The summed E-state index contributed by atoms with van der Waals surface area (Å²) in [5.74, 6) is -2.77. The number of aliphatic hydroxyl groups excluding tert-OH is 1. The maximum absolute atomic E-state index is 14.4. The van der Waals surface area contributed by atoms with E-state index >= 15 is 0 Å². The molecule has 29 heavy (non-hydrogen) atoms. The molecule has 2 fully saturated rings. The first kappa shape index (κ1) is 20.3. The number of aromatic nitrogens is 1. The van der Waals surface area contributed by atoms with Gasteiger partial charge in [0.25, 0.3) is 5.92 Å². The molecule has 0 bridgehead atoms. The zero-order valence-electron chi connectivity index (χ0n) is 15.6. The summed E-state index contributed by atoms with van der Waals surface area (Å²) < 4.78 is 68.8. The summed E-state index contributed by atoms with van der Waals surface area (Å²) in [6.45, 7) is -0.136. The highest BCUT2D eigenvalue weighted by molar-refractivity contribution is 5.94. The molecule has 2 aromatic rings. The Morgan fingerprint density at radius 3 is 2.69 bits per heavy atom. The van der Waals surface area contributed by atoms with E-state index in [-0.39, 0.29) is 36.3 Å². The van der Waals surface area contributed by atoms with Gasteiger partial charge in [0.1, 0.15) is 0 Å². The minimum atomic E-state index is -4.58. The van der Waals surface area contributed by atoms with Crippen molar-refractivity contribution < 1.29 is 27.1 Å². The van der Waals surface area contributed by atoms with Gasteiger partial charge in [-0.3, -0.25) is 4.98 Å².